The van der Waals surface area contributed by atoms with E-state index < -0.39 is 11.8 Å². The molecule has 1 aromatic rings. The minimum atomic E-state index is -1.18. The van der Waals surface area contributed by atoms with Gasteiger partial charge in [-0.05, 0) is 26.0 Å². The van der Waals surface area contributed by atoms with Crippen molar-refractivity contribution in [2.75, 3.05) is 0 Å². The number of benzene rings is 1. The second kappa shape index (κ2) is 5.25. The van der Waals surface area contributed by atoms with Crippen LogP contribution in [0.4, 0.5) is 4.39 Å². The van der Waals surface area contributed by atoms with Crippen LogP contribution in [0.3, 0.4) is 0 Å². The zero-order valence-electron chi connectivity index (χ0n) is 9.03. The molecule has 0 fully saturated rings. The summed E-state index contributed by atoms with van der Waals surface area (Å²) in [5, 5.41) is 12.5. The van der Waals surface area contributed by atoms with Gasteiger partial charge >= 0.3 is 5.97 Å². The Balaban J connectivity index is 2.93. The maximum Gasteiger partial charge on any atom is 0.336 e. The fraction of sp³-hybridized carbons (Fsp3) is 0.273. The molecule has 0 amide bonds. The van der Waals surface area contributed by atoms with Crippen LogP contribution in [0.25, 0.3) is 0 Å². The lowest BCUT2D eigenvalue weighted by Gasteiger charge is -2.06. The fourth-order valence-corrected chi connectivity index (χ4v) is 1.13. The third-order valence-corrected chi connectivity index (χ3v) is 1.81. The summed E-state index contributed by atoms with van der Waals surface area (Å²) < 4.78 is 13.3. The summed E-state index contributed by atoms with van der Waals surface area (Å²) in [6.07, 6.45) is 0. The van der Waals surface area contributed by atoms with Crippen molar-refractivity contribution in [1.82, 2.24) is 0 Å². The van der Waals surface area contributed by atoms with Crippen LogP contribution >= 0.6 is 0 Å². The second-order valence-electron chi connectivity index (χ2n) is 3.38. The standard InChI is InChI=1S/C11H12FNO3/c1-7(2)13-16-6-9-8(11(14)15)4-3-5-10(9)12/h3-5H,6H2,1-2H3,(H,14,15). The van der Waals surface area contributed by atoms with Gasteiger partial charge in [0.15, 0.2) is 0 Å². The molecule has 0 unspecified atom stereocenters. The Morgan fingerprint density at radius 2 is 2.19 bits per heavy atom. The van der Waals surface area contributed by atoms with Crippen molar-refractivity contribution in [3.63, 3.8) is 0 Å². The maximum absolute atomic E-state index is 13.3. The van der Waals surface area contributed by atoms with Gasteiger partial charge in [0.1, 0.15) is 12.4 Å². The van der Waals surface area contributed by atoms with E-state index in [1.807, 2.05) is 0 Å². The third kappa shape index (κ3) is 3.05. The van der Waals surface area contributed by atoms with E-state index in [1.165, 1.54) is 18.2 Å². The first-order chi connectivity index (χ1) is 7.52. The van der Waals surface area contributed by atoms with Crippen molar-refractivity contribution in [3.05, 3.63) is 35.1 Å². The number of rotatable bonds is 4. The Kier molecular flexibility index (Phi) is 3.99. The lowest BCUT2D eigenvalue weighted by Crippen LogP contribution is -2.05. The summed E-state index contributed by atoms with van der Waals surface area (Å²) in [4.78, 5) is 15.7. The van der Waals surface area contributed by atoms with E-state index in [2.05, 4.69) is 5.16 Å². The summed E-state index contributed by atoms with van der Waals surface area (Å²) >= 11 is 0. The third-order valence-electron chi connectivity index (χ3n) is 1.81. The van der Waals surface area contributed by atoms with Gasteiger partial charge in [0.05, 0.1) is 11.3 Å². The van der Waals surface area contributed by atoms with Crippen LogP contribution in [0, 0.1) is 5.82 Å². The highest BCUT2D eigenvalue weighted by Gasteiger charge is 2.14. The van der Waals surface area contributed by atoms with Crippen LogP contribution in [0.2, 0.25) is 0 Å². The zero-order chi connectivity index (χ0) is 12.1. The number of halogens is 1. The number of nitrogens with zero attached hydrogens (tertiary/aromatic N) is 1. The van der Waals surface area contributed by atoms with Gasteiger partial charge in [0.25, 0.3) is 0 Å². The molecule has 86 valence electrons. The minimum Gasteiger partial charge on any atom is -0.478 e. The van der Waals surface area contributed by atoms with Crippen LogP contribution in [0.5, 0.6) is 0 Å². The number of hydrogen-bond acceptors (Lipinski definition) is 3. The Morgan fingerprint density at radius 3 is 2.75 bits per heavy atom. The molecule has 0 atom stereocenters. The molecule has 0 aliphatic rings. The normalized spacial score (nSPS) is 9.69. The van der Waals surface area contributed by atoms with Crippen molar-refractivity contribution in [2.45, 2.75) is 20.5 Å². The first-order valence-corrected chi connectivity index (χ1v) is 4.66. The van der Waals surface area contributed by atoms with Crippen molar-refractivity contribution in [3.8, 4) is 0 Å². The Morgan fingerprint density at radius 1 is 1.50 bits per heavy atom. The van der Waals surface area contributed by atoms with E-state index in [1.54, 1.807) is 13.8 Å². The van der Waals surface area contributed by atoms with E-state index in [4.69, 9.17) is 9.94 Å². The van der Waals surface area contributed by atoms with Crippen molar-refractivity contribution in [2.24, 2.45) is 5.16 Å². The molecule has 0 saturated heterocycles. The fourth-order valence-electron chi connectivity index (χ4n) is 1.13. The SMILES string of the molecule is CC(C)=NOCc1c(F)cccc1C(=O)O. The largest absolute Gasteiger partial charge is 0.478 e. The summed E-state index contributed by atoms with van der Waals surface area (Å²) in [5.74, 6) is -1.79. The van der Waals surface area contributed by atoms with Gasteiger partial charge < -0.3 is 9.94 Å². The van der Waals surface area contributed by atoms with Crippen molar-refractivity contribution in [1.29, 1.82) is 0 Å². The molecule has 0 spiro atoms. The van der Waals surface area contributed by atoms with E-state index in [-0.39, 0.29) is 17.7 Å². The number of aromatic carboxylic acids is 1. The minimum absolute atomic E-state index is 0.000000000000000444. The molecule has 4 nitrogen and oxygen atoms in total. The van der Waals surface area contributed by atoms with Crippen molar-refractivity contribution < 1.29 is 19.1 Å². The molecule has 0 bridgehead atoms. The number of carbonyl (C=O) groups is 1. The zero-order valence-corrected chi connectivity index (χ0v) is 9.03. The number of carboxylic acid groups (broad SMARTS) is 1. The predicted octanol–water partition coefficient (Wildman–Crippen LogP) is 2.44. The van der Waals surface area contributed by atoms with E-state index in [0.29, 0.717) is 5.71 Å². The molecule has 0 aliphatic carbocycles. The van der Waals surface area contributed by atoms with Gasteiger partial charge in [-0.2, -0.15) is 0 Å². The molecule has 16 heavy (non-hydrogen) atoms. The van der Waals surface area contributed by atoms with Gasteiger partial charge in [0.2, 0.25) is 0 Å². The van der Waals surface area contributed by atoms with Gasteiger partial charge in [-0.25, -0.2) is 9.18 Å². The molecule has 1 aromatic carbocycles. The molecule has 0 heterocycles. The summed E-state index contributed by atoms with van der Waals surface area (Å²) in [7, 11) is 0. The summed E-state index contributed by atoms with van der Waals surface area (Å²) in [5.41, 5.74) is 0.567. The van der Waals surface area contributed by atoms with E-state index >= 15 is 0 Å². The molecule has 0 radical (unpaired) electrons. The lowest BCUT2D eigenvalue weighted by atomic mass is 10.1. The van der Waals surface area contributed by atoms with Gasteiger partial charge in [-0.1, -0.05) is 11.2 Å². The average molecular weight is 225 g/mol. The van der Waals surface area contributed by atoms with Crippen LogP contribution in [0.1, 0.15) is 29.8 Å². The number of oxime groups is 1. The molecule has 5 heteroatoms. The molecule has 0 aliphatic heterocycles. The summed E-state index contributed by atoms with van der Waals surface area (Å²) in [6, 6.07) is 3.86. The predicted molar refractivity (Wildman–Crippen MR) is 56.9 cm³/mol. The quantitative estimate of drug-likeness (QED) is 0.632. The Bertz CT molecular complexity index is 425. The van der Waals surface area contributed by atoms with Gasteiger partial charge in [0, 0.05) is 5.56 Å². The maximum atomic E-state index is 13.3. The highest BCUT2D eigenvalue weighted by molar-refractivity contribution is 5.89. The molecule has 1 rings (SSSR count). The molecule has 0 saturated carbocycles. The van der Waals surface area contributed by atoms with Gasteiger partial charge in [-0.15, -0.1) is 0 Å². The second-order valence-corrected chi connectivity index (χ2v) is 3.38. The molecular weight excluding hydrogens is 213 g/mol. The highest BCUT2D eigenvalue weighted by Crippen LogP contribution is 2.15. The summed E-state index contributed by atoms with van der Waals surface area (Å²) in [6.45, 7) is 3.25. The first-order valence-electron chi connectivity index (χ1n) is 4.66. The average Bonchev–Trinajstić information content (AvgIpc) is 2.19. The van der Waals surface area contributed by atoms with Crippen molar-refractivity contribution >= 4 is 11.7 Å². The van der Waals surface area contributed by atoms with Crippen LogP contribution in [-0.2, 0) is 11.4 Å². The molecular formula is C11H12FNO3. The molecule has 0 aromatic heterocycles. The van der Waals surface area contributed by atoms with E-state index in [0.717, 1.165) is 0 Å². The Hall–Kier alpha value is -1.91. The van der Waals surface area contributed by atoms with E-state index in [9.17, 15) is 9.18 Å². The first kappa shape index (κ1) is 12.2. The highest BCUT2D eigenvalue weighted by atomic mass is 19.1. The number of hydrogen-bond donors (Lipinski definition) is 1. The van der Waals surface area contributed by atoms with Crippen LogP contribution in [0.15, 0.2) is 23.4 Å². The van der Waals surface area contributed by atoms with Gasteiger partial charge in [-0.3, -0.25) is 0 Å². The number of carboxylic acids is 1. The van der Waals surface area contributed by atoms with Crippen LogP contribution < -0.4 is 0 Å². The monoisotopic (exact) mass is 225 g/mol. The molecule has 1 N–H and O–H groups in total. The lowest BCUT2D eigenvalue weighted by molar-refractivity contribution is 0.0686. The van der Waals surface area contributed by atoms with Crippen LogP contribution in [-0.4, -0.2) is 16.8 Å². The smallest absolute Gasteiger partial charge is 0.336 e. The Labute approximate surface area is 92.3 Å². The topological polar surface area (TPSA) is 58.9 Å².